The Morgan fingerprint density at radius 1 is 0.551 bits per heavy atom. The van der Waals surface area contributed by atoms with Crippen molar-refractivity contribution in [1.82, 2.24) is 0 Å². The quantitative estimate of drug-likeness (QED) is 0.196. The molecule has 0 aromatic heterocycles. The molecule has 17 heteroatoms. The van der Waals surface area contributed by atoms with E-state index in [1.54, 1.807) is 30.3 Å². The average molecular weight is 699 g/mol. The number of carbonyl (C=O) groups excluding carboxylic acids is 6. The molecule has 0 N–H and O–H groups in total. The summed E-state index contributed by atoms with van der Waals surface area (Å²) in [4.78, 5) is 72.7. The van der Waals surface area contributed by atoms with Gasteiger partial charge in [-0.1, -0.05) is 30.3 Å². The van der Waals surface area contributed by atoms with E-state index in [2.05, 4.69) is 0 Å². The first-order valence-electron chi connectivity index (χ1n) is 15.3. The van der Waals surface area contributed by atoms with Gasteiger partial charge in [0.1, 0.15) is 31.5 Å². The molecule has 3 rings (SSSR count). The summed E-state index contributed by atoms with van der Waals surface area (Å²) in [6.07, 6.45) is -13.8. The zero-order valence-electron chi connectivity index (χ0n) is 28.2. The molecule has 0 bridgehead atoms. The van der Waals surface area contributed by atoms with Crippen LogP contribution in [0, 0.1) is 0 Å². The molecule has 1 aromatic carbocycles. The molecule has 2 aliphatic heterocycles. The highest BCUT2D eigenvalue weighted by molar-refractivity contribution is 5.68. The lowest BCUT2D eigenvalue weighted by Gasteiger charge is -2.48. The topological polar surface area (TPSA) is 204 Å². The van der Waals surface area contributed by atoms with Crippen LogP contribution >= 0.6 is 0 Å². The molecular formula is C32H42O17. The van der Waals surface area contributed by atoms with Gasteiger partial charge in [-0.3, -0.25) is 28.8 Å². The van der Waals surface area contributed by atoms with Crippen LogP contribution in [0.1, 0.15) is 47.1 Å². The normalized spacial score (nSPS) is 29.5. The molecular weight excluding hydrogens is 656 g/mol. The highest BCUT2D eigenvalue weighted by Gasteiger charge is 2.57. The first-order valence-corrected chi connectivity index (χ1v) is 15.3. The fourth-order valence-electron chi connectivity index (χ4n) is 5.28. The predicted molar refractivity (Wildman–Crippen MR) is 160 cm³/mol. The van der Waals surface area contributed by atoms with Crippen LogP contribution in [-0.4, -0.2) is 118 Å². The Bertz CT molecular complexity index is 1300. The highest BCUT2D eigenvalue weighted by atomic mass is 16.8. The molecule has 2 aliphatic rings. The van der Waals surface area contributed by atoms with Crippen molar-refractivity contribution in [2.75, 3.05) is 20.3 Å². The Labute approximate surface area is 282 Å². The molecule has 0 aliphatic carbocycles. The summed E-state index contributed by atoms with van der Waals surface area (Å²) in [5, 5.41) is 0. The van der Waals surface area contributed by atoms with Crippen LogP contribution in [0.2, 0.25) is 0 Å². The summed E-state index contributed by atoms with van der Waals surface area (Å²) in [5.74, 6) is -4.48. The van der Waals surface area contributed by atoms with Crippen LogP contribution < -0.4 is 0 Å². The molecule has 272 valence electrons. The molecule has 2 heterocycles. The Morgan fingerprint density at radius 3 is 1.41 bits per heavy atom. The minimum atomic E-state index is -1.56. The van der Waals surface area contributed by atoms with Crippen LogP contribution in [0.5, 0.6) is 0 Å². The maximum Gasteiger partial charge on any atom is 0.303 e. The summed E-state index contributed by atoms with van der Waals surface area (Å²) < 4.78 is 62.9. The summed E-state index contributed by atoms with van der Waals surface area (Å²) >= 11 is 0. The molecule has 0 amide bonds. The van der Waals surface area contributed by atoms with E-state index in [0.29, 0.717) is 5.56 Å². The SMILES string of the molecule is COC1OC(COC(C)=O)C(OC(C)=O)C(OC(C)=O)C1OC1OC(COC(C)=O)C(OC(C)=O)C(OC(C)=O)C1OCc1ccccc1. The van der Waals surface area contributed by atoms with E-state index in [-0.39, 0.29) is 6.61 Å². The van der Waals surface area contributed by atoms with Crippen molar-refractivity contribution < 1.29 is 80.9 Å². The van der Waals surface area contributed by atoms with Crippen LogP contribution in [0.3, 0.4) is 0 Å². The van der Waals surface area contributed by atoms with Gasteiger partial charge in [0.25, 0.3) is 0 Å². The highest BCUT2D eigenvalue weighted by Crippen LogP contribution is 2.35. The number of rotatable bonds is 14. The number of hydrogen-bond donors (Lipinski definition) is 0. The maximum atomic E-state index is 12.4. The average Bonchev–Trinajstić information content (AvgIpc) is 3.01. The smallest absolute Gasteiger partial charge is 0.303 e. The number of benzene rings is 1. The van der Waals surface area contributed by atoms with Crippen LogP contribution in [0.25, 0.3) is 0 Å². The van der Waals surface area contributed by atoms with Crippen molar-refractivity contribution in [1.29, 1.82) is 0 Å². The van der Waals surface area contributed by atoms with E-state index in [4.69, 9.17) is 52.1 Å². The third-order valence-corrected chi connectivity index (χ3v) is 7.10. The Morgan fingerprint density at radius 2 is 0.980 bits per heavy atom. The zero-order chi connectivity index (χ0) is 36.2. The van der Waals surface area contributed by atoms with E-state index in [0.717, 1.165) is 41.5 Å². The lowest BCUT2D eigenvalue weighted by atomic mass is 9.96. The van der Waals surface area contributed by atoms with Gasteiger partial charge in [-0.2, -0.15) is 0 Å². The molecule has 2 saturated heterocycles. The summed E-state index contributed by atoms with van der Waals surface area (Å²) in [6.45, 7) is 5.84. The monoisotopic (exact) mass is 698 g/mol. The fourth-order valence-corrected chi connectivity index (χ4v) is 5.28. The van der Waals surface area contributed by atoms with Gasteiger partial charge in [0.2, 0.25) is 0 Å². The molecule has 0 spiro atoms. The zero-order valence-corrected chi connectivity index (χ0v) is 28.2. The molecule has 1 aromatic rings. The predicted octanol–water partition coefficient (Wildman–Crippen LogP) is 0.906. The van der Waals surface area contributed by atoms with Crippen molar-refractivity contribution in [3.8, 4) is 0 Å². The lowest BCUT2D eigenvalue weighted by Crippen LogP contribution is -2.67. The standard InChI is InChI=1S/C32H42O17/c1-16(33)40-14-23-26(44-19(4)36)28(46-21(6)38)30(31(39-7)47-23)49-32-29(42-13-22-11-9-8-10-12-22)27(45-20(5)37)25(43-18(3)35)24(48-32)15-41-17(2)34/h8-12,23-32H,13-15H2,1-7H3. The molecule has 10 atom stereocenters. The second-order valence-electron chi connectivity index (χ2n) is 11.1. The third kappa shape index (κ3) is 11.7. The second-order valence-corrected chi connectivity index (χ2v) is 11.1. The van der Waals surface area contributed by atoms with E-state index in [9.17, 15) is 28.8 Å². The van der Waals surface area contributed by atoms with Gasteiger partial charge in [0, 0.05) is 48.7 Å². The lowest BCUT2D eigenvalue weighted by molar-refractivity contribution is -0.370. The van der Waals surface area contributed by atoms with Gasteiger partial charge in [-0.05, 0) is 5.56 Å². The number of ether oxygens (including phenoxy) is 11. The first-order chi connectivity index (χ1) is 23.2. The number of hydrogen-bond acceptors (Lipinski definition) is 17. The van der Waals surface area contributed by atoms with Crippen molar-refractivity contribution in [2.45, 2.75) is 110 Å². The Hall–Kier alpha value is -4.16. The number of methoxy groups -OCH3 is 1. The minimum Gasteiger partial charge on any atom is -0.463 e. The van der Waals surface area contributed by atoms with Gasteiger partial charge in [0.05, 0.1) is 6.61 Å². The summed E-state index contributed by atoms with van der Waals surface area (Å²) in [6, 6.07) is 8.89. The van der Waals surface area contributed by atoms with Crippen molar-refractivity contribution >= 4 is 35.8 Å². The first kappa shape index (κ1) is 39.3. The molecule has 49 heavy (non-hydrogen) atoms. The van der Waals surface area contributed by atoms with Crippen LogP contribution in [0.15, 0.2) is 30.3 Å². The molecule has 2 fully saturated rings. The van der Waals surface area contributed by atoms with Gasteiger partial charge in [-0.25, -0.2) is 0 Å². The maximum absolute atomic E-state index is 12.4. The van der Waals surface area contributed by atoms with Crippen LogP contribution in [-0.2, 0) is 87.5 Å². The van der Waals surface area contributed by atoms with E-state index < -0.39 is 110 Å². The second kappa shape index (κ2) is 18.6. The minimum absolute atomic E-state index is 0.0727. The number of carbonyl (C=O) groups is 6. The van der Waals surface area contributed by atoms with Crippen molar-refractivity contribution in [3.63, 3.8) is 0 Å². The van der Waals surface area contributed by atoms with Gasteiger partial charge >= 0.3 is 35.8 Å². The molecule has 0 radical (unpaired) electrons. The third-order valence-electron chi connectivity index (χ3n) is 7.10. The van der Waals surface area contributed by atoms with Crippen molar-refractivity contribution in [2.24, 2.45) is 0 Å². The van der Waals surface area contributed by atoms with Gasteiger partial charge in [0.15, 0.2) is 43.1 Å². The number of esters is 6. The van der Waals surface area contributed by atoms with Crippen LogP contribution in [0.4, 0.5) is 0 Å². The summed E-state index contributed by atoms with van der Waals surface area (Å²) in [7, 11) is 1.26. The molecule has 0 saturated carbocycles. The van der Waals surface area contributed by atoms with E-state index >= 15 is 0 Å². The Kier molecular flexibility index (Phi) is 14.9. The van der Waals surface area contributed by atoms with Crippen molar-refractivity contribution in [3.05, 3.63) is 35.9 Å². The fraction of sp³-hybridized carbons (Fsp3) is 0.625. The van der Waals surface area contributed by atoms with E-state index in [1.165, 1.54) is 7.11 Å². The largest absolute Gasteiger partial charge is 0.463 e. The molecule has 10 unspecified atom stereocenters. The van der Waals surface area contributed by atoms with Gasteiger partial charge < -0.3 is 52.1 Å². The van der Waals surface area contributed by atoms with Gasteiger partial charge in [-0.15, -0.1) is 0 Å². The van der Waals surface area contributed by atoms with E-state index in [1.807, 2.05) is 0 Å². The molecule has 17 nitrogen and oxygen atoms in total. The summed E-state index contributed by atoms with van der Waals surface area (Å²) in [5.41, 5.74) is 0.700. The Balaban J connectivity index is 2.11.